The molecule has 0 atom stereocenters. The van der Waals surface area contributed by atoms with Crippen LogP contribution >= 0.6 is 11.6 Å². The second-order valence-electron chi connectivity index (χ2n) is 5.51. The van der Waals surface area contributed by atoms with Crippen LogP contribution in [0.4, 0.5) is 24.8 Å². The molecule has 1 N–H and O–H groups in total. The summed E-state index contributed by atoms with van der Waals surface area (Å²) in [5.41, 5.74) is -0.151. The number of halogens is 4. The first-order valence-corrected chi connectivity index (χ1v) is 8.32. The van der Waals surface area contributed by atoms with Crippen molar-refractivity contribution in [3.63, 3.8) is 0 Å². The number of alkyl halides is 3. The second-order valence-corrected chi connectivity index (χ2v) is 5.92. The van der Waals surface area contributed by atoms with E-state index in [9.17, 15) is 18.0 Å². The SMILES string of the molecule is CCN(CC)C(=O)c1cc(C)nc(Nc2ccc(Cl)c(C(F)(F)F)c2)n1. The number of hydrogen-bond acceptors (Lipinski definition) is 4. The van der Waals surface area contributed by atoms with Gasteiger partial charge < -0.3 is 10.2 Å². The maximum Gasteiger partial charge on any atom is 0.417 e. The fraction of sp³-hybridized carbons (Fsp3) is 0.353. The summed E-state index contributed by atoms with van der Waals surface area (Å²) in [6, 6.07) is 4.94. The number of rotatable bonds is 5. The molecule has 1 amide bonds. The van der Waals surface area contributed by atoms with Gasteiger partial charge in [-0.2, -0.15) is 13.2 Å². The standard InChI is InChI=1S/C17H18ClF3N4O/c1-4-25(5-2)15(26)14-8-10(3)22-16(24-14)23-11-6-7-13(18)12(9-11)17(19,20)21/h6-9H,4-5H2,1-3H3,(H,22,23,24). The predicted octanol–water partition coefficient (Wildman–Crippen LogP) is 4.68. The molecule has 0 aliphatic heterocycles. The maximum atomic E-state index is 13.0. The van der Waals surface area contributed by atoms with Crippen molar-refractivity contribution in [2.75, 3.05) is 18.4 Å². The lowest BCUT2D eigenvalue weighted by molar-refractivity contribution is -0.137. The van der Waals surface area contributed by atoms with E-state index in [2.05, 4.69) is 15.3 Å². The summed E-state index contributed by atoms with van der Waals surface area (Å²) in [5, 5.41) is 2.31. The predicted molar refractivity (Wildman–Crippen MR) is 93.8 cm³/mol. The Morgan fingerprint density at radius 3 is 2.42 bits per heavy atom. The molecular weight excluding hydrogens is 369 g/mol. The Kier molecular flexibility index (Phi) is 6.07. The Morgan fingerprint density at radius 2 is 1.85 bits per heavy atom. The van der Waals surface area contributed by atoms with Crippen molar-refractivity contribution in [3.05, 3.63) is 46.2 Å². The van der Waals surface area contributed by atoms with Crippen LogP contribution in [0.1, 0.15) is 35.6 Å². The highest BCUT2D eigenvalue weighted by Gasteiger charge is 2.33. The van der Waals surface area contributed by atoms with Gasteiger partial charge in [0.25, 0.3) is 5.91 Å². The van der Waals surface area contributed by atoms with E-state index in [0.29, 0.717) is 18.8 Å². The number of aryl methyl sites for hydroxylation is 1. The fourth-order valence-corrected chi connectivity index (χ4v) is 2.58. The van der Waals surface area contributed by atoms with Crippen LogP contribution in [-0.4, -0.2) is 33.9 Å². The molecule has 0 fully saturated rings. The van der Waals surface area contributed by atoms with Crippen molar-refractivity contribution in [1.82, 2.24) is 14.9 Å². The Morgan fingerprint density at radius 1 is 1.19 bits per heavy atom. The number of nitrogens with one attached hydrogen (secondary N) is 1. The normalized spacial score (nSPS) is 11.3. The van der Waals surface area contributed by atoms with Gasteiger partial charge in [0.05, 0.1) is 10.6 Å². The molecule has 2 aromatic rings. The first-order valence-electron chi connectivity index (χ1n) is 7.94. The Balaban J connectivity index is 2.35. The van der Waals surface area contributed by atoms with Gasteiger partial charge in [0, 0.05) is 24.5 Å². The number of benzene rings is 1. The highest BCUT2D eigenvalue weighted by Crippen LogP contribution is 2.36. The molecule has 1 aromatic carbocycles. The first kappa shape index (κ1) is 20.0. The van der Waals surface area contributed by atoms with Gasteiger partial charge >= 0.3 is 6.18 Å². The third-order valence-electron chi connectivity index (χ3n) is 3.65. The average molecular weight is 387 g/mol. The quantitative estimate of drug-likeness (QED) is 0.810. The van der Waals surface area contributed by atoms with Crippen molar-refractivity contribution >= 4 is 29.1 Å². The summed E-state index contributed by atoms with van der Waals surface area (Å²) in [6.07, 6.45) is -4.58. The van der Waals surface area contributed by atoms with Gasteiger partial charge in [-0.05, 0) is 45.0 Å². The lowest BCUT2D eigenvalue weighted by Gasteiger charge is -2.18. The molecule has 5 nitrogen and oxygen atoms in total. The molecule has 1 aromatic heterocycles. The summed E-state index contributed by atoms with van der Waals surface area (Å²) in [5.74, 6) is -0.230. The molecule has 0 saturated carbocycles. The van der Waals surface area contributed by atoms with Crippen LogP contribution in [-0.2, 0) is 6.18 Å². The molecule has 1 heterocycles. The van der Waals surface area contributed by atoms with Crippen molar-refractivity contribution in [3.8, 4) is 0 Å². The van der Waals surface area contributed by atoms with Crippen molar-refractivity contribution in [1.29, 1.82) is 0 Å². The number of carbonyl (C=O) groups is 1. The number of aromatic nitrogens is 2. The Hall–Kier alpha value is -2.35. The Bertz CT molecular complexity index is 807. The van der Waals surface area contributed by atoms with Crippen LogP contribution in [0.25, 0.3) is 0 Å². The van der Waals surface area contributed by atoms with E-state index in [1.807, 2.05) is 13.8 Å². The van der Waals surface area contributed by atoms with Crippen LogP contribution in [0.5, 0.6) is 0 Å². The Labute approximate surface area is 154 Å². The zero-order valence-electron chi connectivity index (χ0n) is 14.5. The lowest BCUT2D eigenvalue weighted by atomic mass is 10.2. The molecule has 0 radical (unpaired) electrons. The number of amides is 1. The highest BCUT2D eigenvalue weighted by atomic mass is 35.5. The van der Waals surface area contributed by atoms with Gasteiger partial charge in [-0.25, -0.2) is 9.97 Å². The zero-order valence-corrected chi connectivity index (χ0v) is 15.2. The summed E-state index contributed by atoms with van der Waals surface area (Å²) >= 11 is 5.61. The van der Waals surface area contributed by atoms with E-state index in [0.717, 1.165) is 12.1 Å². The van der Waals surface area contributed by atoms with E-state index in [1.165, 1.54) is 12.1 Å². The minimum atomic E-state index is -4.58. The number of hydrogen-bond donors (Lipinski definition) is 1. The summed E-state index contributed by atoms with van der Waals surface area (Å²) < 4.78 is 38.9. The molecule has 2 rings (SSSR count). The second kappa shape index (κ2) is 7.90. The van der Waals surface area contributed by atoms with Gasteiger partial charge in [0.1, 0.15) is 5.69 Å². The third-order valence-corrected chi connectivity index (χ3v) is 3.98. The van der Waals surface area contributed by atoms with Gasteiger partial charge in [0.15, 0.2) is 0 Å². The molecule has 0 bridgehead atoms. The van der Waals surface area contributed by atoms with Crippen LogP contribution < -0.4 is 5.32 Å². The number of anilines is 2. The number of carbonyl (C=O) groups excluding carboxylic acids is 1. The molecule has 0 aliphatic carbocycles. The topological polar surface area (TPSA) is 58.1 Å². The van der Waals surface area contributed by atoms with E-state index in [-0.39, 0.29) is 23.2 Å². The van der Waals surface area contributed by atoms with Crippen molar-refractivity contribution in [2.24, 2.45) is 0 Å². The highest BCUT2D eigenvalue weighted by molar-refractivity contribution is 6.31. The van der Waals surface area contributed by atoms with Crippen LogP contribution in [0.15, 0.2) is 24.3 Å². The van der Waals surface area contributed by atoms with Crippen LogP contribution in [0.3, 0.4) is 0 Å². The van der Waals surface area contributed by atoms with Crippen molar-refractivity contribution in [2.45, 2.75) is 26.9 Å². The summed E-state index contributed by atoms with van der Waals surface area (Å²) in [7, 11) is 0. The van der Waals surface area contributed by atoms with Gasteiger partial charge in [-0.15, -0.1) is 0 Å². The minimum absolute atomic E-state index is 0.0379. The summed E-state index contributed by atoms with van der Waals surface area (Å²) in [4.78, 5) is 22.3. The molecule has 140 valence electrons. The van der Waals surface area contributed by atoms with Crippen LogP contribution in [0, 0.1) is 6.92 Å². The summed E-state index contributed by atoms with van der Waals surface area (Å²) in [6.45, 7) is 6.41. The average Bonchev–Trinajstić information content (AvgIpc) is 2.56. The van der Waals surface area contributed by atoms with Gasteiger partial charge in [-0.1, -0.05) is 11.6 Å². The lowest BCUT2D eigenvalue weighted by Crippen LogP contribution is -2.31. The van der Waals surface area contributed by atoms with E-state index in [4.69, 9.17) is 11.6 Å². The minimum Gasteiger partial charge on any atom is -0.338 e. The van der Waals surface area contributed by atoms with Crippen molar-refractivity contribution < 1.29 is 18.0 Å². The monoisotopic (exact) mass is 386 g/mol. The maximum absolute atomic E-state index is 13.0. The molecule has 0 spiro atoms. The molecule has 0 aliphatic rings. The molecule has 0 saturated heterocycles. The van der Waals surface area contributed by atoms with Gasteiger partial charge in [-0.3, -0.25) is 4.79 Å². The van der Waals surface area contributed by atoms with E-state index < -0.39 is 16.8 Å². The largest absolute Gasteiger partial charge is 0.417 e. The van der Waals surface area contributed by atoms with E-state index in [1.54, 1.807) is 11.8 Å². The molecule has 0 unspecified atom stereocenters. The van der Waals surface area contributed by atoms with Gasteiger partial charge in [0.2, 0.25) is 5.95 Å². The first-order chi connectivity index (χ1) is 12.2. The molecular formula is C17H18ClF3N4O. The zero-order chi connectivity index (χ0) is 19.5. The van der Waals surface area contributed by atoms with E-state index >= 15 is 0 Å². The fourth-order valence-electron chi connectivity index (χ4n) is 2.36. The molecule has 9 heteroatoms. The smallest absolute Gasteiger partial charge is 0.338 e. The van der Waals surface area contributed by atoms with Crippen LogP contribution in [0.2, 0.25) is 5.02 Å². The third kappa shape index (κ3) is 4.63. The number of nitrogens with zero attached hydrogens (tertiary/aromatic N) is 3. The molecule has 26 heavy (non-hydrogen) atoms.